The molecule has 0 spiro atoms. The third kappa shape index (κ3) is 1.03. The predicted octanol–water partition coefficient (Wildman–Crippen LogP) is 1.90. The van der Waals surface area contributed by atoms with Gasteiger partial charge in [-0.15, -0.1) is 4.79 Å². The molecule has 2 aromatic rings. The molecule has 12 heavy (non-hydrogen) atoms. The zero-order valence-electron chi connectivity index (χ0n) is 6.14. The molecule has 4 heteroatoms. The van der Waals surface area contributed by atoms with E-state index in [1.807, 2.05) is 24.3 Å². The topological polar surface area (TPSA) is 30.2 Å². The average Bonchev–Trinajstić information content (AvgIpc) is 2.50. The maximum absolute atomic E-state index is 4.49. The first-order chi connectivity index (χ1) is 5.92. The summed E-state index contributed by atoms with van der Waals surface area (Å²) < 4.78 is 0. The first-order valence-electron chi connectivity index (χ1n) is 3.43. The van der Waals surface area contributed by atoms with Gasteiger partial charge in [-0.3, -0.25) is 0 Å². The number of nitrogens with zero attached hydrogens (tertiary/aromatic N) is 3. The van der Waals surface area contributed by atoms with Gasteiger partial charge in [0.25, 0.3) is 0 Å². The van der Waals surface area contributed by atoms with Crippen LogP contribution in [0.15, 0.2) is 35.6 Å². The van der Waals surface area contributed by atoms with Gasteiger partial charge >= 0.3 is 0 Å². The molecule has 0 aliphatic heterocycles. The normalized spacial score (nSPS) is 9.67. The monoisotopic (exact) mass is 175 g/mol. The summed E-state index contributed by atoms with van der Waals surface area (Å²) in [6.07, 6.45) is 1.74. The minimum absolute atomic E-state index is 0.940. The van der Waals surface area contributed by atoms with Gasteiger partial charge in [-0.05, 0) is 18.3 Å². The van der Waals surface area contributed by atoms with E-state index < -0.39 is 0 Å². The molecular weight excluding hydrogens is 170 g/mol. The van der Waals surface area contributed by atoms with Gasteiger partial charge in [0.05, 0.1) is 16.9 Å². The zero-order chi connectivity index (χ0) is 8.39. The van der Waals surface area contributed by atoms with Crippen LogP contribution in [-0.2, 0) is 0 Å². The van der Waals surface area contributed by atoms with Crippen molar-refractivity contribution in [2.75, 3.05) is 0 Å². The third-order valence-corrected chi connectivity index (χ3v) is 1.68. The lowest BCUT2D eigenvalue weighted by molar-refractivity contribution is 0.776. The summed E-state index contributed by atoms with van der Waals surface area (Å²) in [5, 5.41) is 11.1. The molecule has 1 heterocycles. The molecule has 0 aliphatic carbocycles. The van der Waals surface area contributed by atoms with Gasteiger partial charge in [-0.1, -0.05) is 23.3 Å². The summed E-state index contributed by atoms with van der Waals surface area (Å²) in [4.78, 5) is 1.46. The predicted molar refractivity (Wildman–Crippen MR) is 50.2 cm³/mol. The van der Waals surface area contributed by atoms with Crippen molar-refractivity contribution >= 4 is 28.3 Å². The van der Waals surface area contributed by atoms with E-state index in [-0.39, 0.29) is 0 Å². The van der Waals surface area contributed by atoms with E-state index in [9.17, 15) is 0 Å². The maximum Gasteiger partial charge on any atom is 0.0952 e. The first-order valence-corrected chi connectivity index (χ1v) is 3.83. The van der Waals surface area contributed by atoms with Crippen LogP contribution in [0.5, 0.6) is 0 Å². The van der Waals surface area contributed by atoms with Gasteiger partial charge in [0, 0.05) is 5.39 Å². The highest BCUT2D eigenvalue weighted by Gasteiger charge is 1.97. The fourth-order valence-corrected chi connectivity index (χ4v) is 1.15. The molecule has 0 radical (unpaired) electrons. The number of benzene rings is 1. The Morgan fingerprint density at radius 2 is 2.25 bits per heavy atom. The third-order valence-electron chi connectivity index (χ3n) is 1.59. The maximum atomic E-state index is 4.49. The Morgan fingerprint density at radius 3 is 3.08 bits per heavy atom. The number of thiocarbonyl (C=S) groups is 1. The number of hydrogen-bond acceptors (Lipinski definition) is 3. The Balaban J connectivity index is 2.78. The second kappa shape index (κ2) is 2.85. The van der Waals surface area contributed by atoms with Crippen molar-refractivity contribution in [2.45, 2.75) is 0 Å². The Labute approximate surface area is 74.3 Å². The average molecular weight is 175 g/mol. The van der Waals surface area contributed by atoms with E-state index in [1.54, 1.807) is 6.20 Å². The minimum Gasteiger partial charge on any atom is -0.157 e. The van der Waals surface area contributed by atoms with Gasteiger partial charge in [0.2, 0.25) is 0 Å². The summed E-state index contributed by atoms with van der Waals surface area (Å²) >= 11 is 4.49. The van der Waals surface area contributed by atoms with Crippen LogP contribution in [0.2, 0.25) is 0 Å². The standard InChI is InChI=1S/C8H5N3S/c12-6-10-11-8-4-2-1-3-7(8)5-9-11/h1-5H. The SMILES string of the molecule is S=C=Nn1ncc2ccccc21. The fraction of sp³-hybridized carbons (Fsp3) is 0. The Bertz CT molecular complexity index is 454. The summed E-state index contributed by atoms with van der Waals surface area (Å²) in [7, 11) is 0. The van der Waals surface area contributed by atoms with Gasteiger partial charge < -0.3 is 0 Å². The molecule has 0 amide bonds. The molecule has 0 saturated heterocycles. The summed E-state index contributed by atoms with van der Waals surface area (Å²) in [6.45, 7) is 0. The highest BCUT2D eigenvalue weighted by molar-refractivity contribution is 7.78. The van der Waals surface area contributed by atoms with Gasteiger partial charge in [-0.2, -0.15) is 5.10 Å². The lowest BCUT2D eigenvalue weighted by atomic mass is 10.3. The molecule has 3 nitrogen and oxygen atoms in total. The number of isothiocyanates is 1. The van der Waals surface area contributed by atoms with Crippen LogP contribution in [-0.4, -0.2) is 15.1 Å². The van der Waals surface area contributed by atoms with Crippen molar-refractivity contribution in [1.82, 2.24) is 9.89 Å². The van der Waals surface area contributed by atoms with Crippen LogP contribution in [0.1, 0.15) is 0 Å². The molecule has 0 atom stereocenters. The van der Waals surface area contributed by atoms with Crippen molar-refractivity contribution in [1.29, 1.82) is 0 Å². The molecule has 0 unspecified atom stereocenters. The number of hydrogen-bond donors (Lipinski definition) is 0. The van der Waals surface area contributed by atoms with Crippen LogP contribution in [0, 0.1) is 0 Å². The number of rotatable bonds is 1. The van der Waals surface area contributed by atoms with E-state index in [2.05, 4.69) is 27.6 Å². The molecule has 0 saturated carbocycles. The van der Waals surface area contributed by atoms with E-state index in [0.29, 0.717) is 0 Å². The van der Waals surface area contributed by atoms with Crippen LogP contribution in [0.4, 0.5) is 0 Å². The number of fused-ring (bicyclic) bond motifs is 1. The highest BCUT2D eigenvalue weighted by atomic mass is 32.1. The van der Waals surface area contributed by atoms with Crippen LogP contribution in [0.25, 0.3) is 10.9 Å². The first kappa shape index (κ1) is 7.16. The Morgan fingerprint density at radius 1 is 1.42 bits per heavy atom. The lowest BCUT2D eigenvalue weighted by Gasteiger charge is -1.89. The lowest BCUT2D eigenvalue weighted by Crippen LogP contribution is -1.87. The molecule has 58 valence electrons. The van der Waals surface area contributed by atoms with E-state index in [1.165, 1.54) is 4.79 Å². The Hall–Kier alpha value is -1.51. The van der Waals surface area contributed by atoms with Gasteiger partial charge in [-0.25, -0.2) is 0 Å². The number of aromatic nitrogens is 2. The van der Waals surface area contributed by atoms with Crippen LogP contribution >= 0.6 is 12.2 Å². The van der Waals surface area contributed by atoms with Crippen molar-refractivity contribution in [3.8, 4) is 0 Å². The second-order valence-electron chi connectivity index (χ2n) is 2.28. The second-order valence-corrected chi connectivity index (χ2v) is 2.47. The molecular formula is C8H5N3S. The molecule has 1 aromatic heterocycles. The van der Waals surface area contributed by atoms with Crippen LogP contribution < -0.4 is 0 Å². The quantitative estimate of drug-likeness (QED) is 0.489. The summed E-state index contributed by atoms with van der Waals surface area (Å²) in [6, 6.07) is 7.78. The summed E-state index contributed by atoms with van der Waals surface area (Å²) in [5.74, 6) is 0. The van der Waals surface area contributed by atoms with Crippen molar-refractivity contribution in [2.24, 2.45) is 5.10 Å². The highest BCUT2D eigenvalue weighted by Crippen LogP contribution is 2.11. The van der Waals surface area contributed by atoms with Crippen molar-refractivity contribution in [3.05, 3.63) is 30.5 Å². The molecule has 2 rings (SSSR count). The minimum atomic E-state index is 0.940. The van der Waals surface area contributed by atoms with Gasteiger partial charge in [0.1, 0.15) is 0 Å². The van der Waals surface area contributed by atoms with Crippen molar-refractivity contribution in [3.63, 3.8) is 0 Å². The molecule has 0 aliphatic rings. The molecule has 0 bridgehead atoms. The Kier molecular flexibility index (Phi) is 1.70. The van der Waals surface area contributed by atoms with E-state index >= 15 is 0 Å². The van der Waals surface area contributed by atoms with Crippen molar-refractivity contribution < 1.29 is 0 Å². The molecule has 1 aromatic carbocycles. The van der Waals surface area contributed by atoms with Crippen LogP contribution in [0.3, 0.4) is 0 Å². The number of para-hydroxylation sites is 1. The molecule has 0 fully saturated rings. The summed E-state index contributed by atoms with van der Waals surface area (Å²) in [5.41, 5.74) is 0.940. The largest absolute Gasteiger partial charge is 0.157 e. The molecule has 0 N–H and O–H groups in total. The zero-order valence-corrected chi connectivity index (χ0v) is 6.95. The van der Waals surface area contributed by atoms with E-state index in [0.717, 1.165) is 10.9 Å². The van der Waals surface area contributed by atoms with Gasteiger partial charge in [0.15, 0.2) is 0 Å². The smallest absolute Gasteiger partial charge is 0.0952 e. The van der Waals surface area contributed by atoms with E-state index in [4.69, 9.17) is 0 Å². The fourth-order valence-electron chi connectivity index (χ4n) is 1.08.